The molecule has 1 fully saturated rings. The first-order valence-electron chi connectivity index (χ1n) is 26.1. The van der Waals surface area contributed by atoms with Crippen LogP contribution in [0, 0.1) is 0 Å². The van der Waals surface area contributed by atoms with Crippen LogP contribution < -0.4 is 5.32 Å². The number of unbranched alkanes of at least 4 members (excludes halogenated alkanes) is 10. The van der Waals surface area contributed by atoms with Crippen LogP contribution in [0.5, 0.6) is 0 Å². The molecule has 0 aliphatic carbocycles. The van der Waals surface area contributed by atoms with E-state index < -0.39 is 80.8 Å². The molecule has 0 aromatic heterocycles. The molecule has 1 aliphatic heterocycles. The Morgan fingerprint density at radius 3 is 1.55 bits per heavy atom. The van der Waals surface area contributed by atoms with Gasteiger partial charge in [0.1, 0.15) is 36.2 Å². The van der Waals surface area contributed by atoms with Gasteiger partial charge in [0, 0.05) is 0 Å². The van der Waals surface area contributed by atoms with Gasteiger partial charge in [-0.3, -0.25) is 0 Å². The second kappa shape index (κ2) is 29.3. The molecule has 1 amide bonds. The lowest BCUT2D eigenvalue weighted by atomic mass is 9.89. The number of benzene rings is 4. The third-order valence-electron chi connectivity index (χ3n) is 11.1. The van der Waals surface area contributed by atoms with Gasteiger partial charge in [-0.2, -0.15) is 0 Å². The predicted octanol–water partition coefficient (Wildman–Crippen LogP) is 13.2. The number of halogens is 1. The number of ether oxygens (including phenoxy) is 6. The van der Waals surface area contributed by atoms with Gasteiger partial charge >= 0.3 is 6.09 Å². The van der Waals surface area contributed by atoms with Crippen LogP contribution in [-0.2, 0) is 54.8 Å². The molecule has 1 N–H and O–H groups in total. The molecule has 0 saturated carbocycles. The van der Waals surface area contributed by atoms with E-state index in [0.717, 1.165) is 19.3 Å². The maximum absolute atomic E-state index is 16.9. The zero-order valence-electron chi connectivity index (χ0n) is 43.0. The quantitative estimate of drug-likeness (QED) is 0.0429. The fraction of sp³-hybridized carbons (Fsp3) is 0.518. The molecule has 5 rings (SSSR count). The lowest BCUT2D eigenvalue weighted by Gasteiger charge is -2.47. The Balaban J connectivity index is 1.50. The molecule has 9 heteroatoms. The highest BCUT2D eigenvalue weighted by atomic mass is 19.1. The third kappa shape index (κ3) is 19.9. The van der Waals surface area contributed by atoms with Crippen molar-refractivity contribution in [3.63, 3.8) is 0 Å². The average Bonchev–Trinajstić information content (AvgIpc) is 3.35. The number of allylic oxidation sites excluding steroid dienone is 1. The molecule has 4 aromatic rings. The first-order chi connectivity index (χ1) is 33.3. The molecule has 4 aromatic carbocycles. The fourth-order valence-corrected chi connectivity index (χ4v) is 7.72. The number of hydrogen-bond donors (Lipinski definition) is 1. The summed E-state index contributed by atoms with van der Waals surface area (Å²) in [6.45, 7) is 2.16. The summed E-state index contributed by atoms with van der Waals surface area (Å²) in [5, 5.41) is 2.78. The van der Waals surface area contributed by atoms with Crippen LogP contribution in [-0.4, -0.2) is 61.0 Å². The molecule has 1 heterocycles. The van der Waals surface area contributed by atoms with Gasteiger partial charge in [-0.25, -0.2) is 9.18 Å². The van der Waals surface area contributed by atoms with Crippen molar-refractivity contribution in [2.75, 3.05) is 6.61 Å². The molecular formula is C56H76FNO7. The van der Waals surface area contributed by atoms with Crippen LogP contribution in [0.2, 0.25) is 0 Å². The van der Waals surface area contributed by atoms with Gasteiger partial charge in [0.2, 0.25) is 0 Å². The maximum Gasteiger partial charge on any atom is 0.407 e. The van der Waals surface area contributed by atoms with E-state index >= 15 is 4.39 Å². The van der Waals surface area contributed by atoms with Crippen molar-refractivity contribution in [3.05, 3.63) is 156 Å². The molecule has 0 spiro atoms. The van der Waals surface area contributed by atoms with Gasteiger partial charge in [0.15, 0.2) is 0 Å². The molecule has 8 nitrogen and oxygen atoms in total. The molecule has 1 aliphatic rings. The molecule has 354 valence electrons. The monoisotopic (exact) mass is 898 g/mol. The van der Waals surface area contributed by atoms with E-state index in [1.165, 1.54) is 51.0 Å². The Hall–Kier alpha value is -4.38. The highest BCUT2D eigenvalue weighted by molar-refractivity contribution is 5.68. The SMILES string of the molecule is [2H]C(OC[C@H]1OC(C[C@H](NC(=O)OC(C)(C)C)[C@H](F)C=CCCCCCCCCCCCC)[C@H](OC([2H])c2ccccc2)[C@@H](OC([2H])c2ccccc2)[C@H]1OC([2H])c1ccccc1)c1ccccc1. The maximum atomic E-state index is 16.9. The summed E-state index contributed by atoms with van der Waals surface area (Å²) in [6, 6.07) is 34.7. The molecule has 0 radical (unpaired) electrons. The zero-order valence-corrected chi connectivity index (χ0v) is 39.0. The van der Waals surface area contributed by atoms with Crippen molar-refractivity contribution in [1.29, 1.82) is 0 Å². The number of hydrogen-bond acceptors (Lipinski definition) is 7. The Bertz CT molecular complexity index is 2020. The average molecular weight is 898 g/mol. The van der Waals surface area contributed by atoms with Crippen LogP contribution in [0.1, 0.15) is 132 Å². The van der Waals surface area contributed by atoms with Crippen LogP contribution >= 0.6 is 0 Å². The Morgan fingerprint density at radius 2 is 1.08 bits per heavy atom. The van der Waals surface area contributed by atoms with Crippen molar-refractivity contribution >= 4 is 6.09 Å². The van der Waals surface area contributed by atoms with Crippen LogP contribution in [0.15, 0.2) is 133 Å². The molecule has 65 heavy (non-hydrogen) atoms. The van der Waals surface area contributed by atoms with E-state index in [4.69, 9.17) is 29.8 Å². The second-order valence-corrected chi connectivity index (χ2v) is 17.8. The minimum atomic E-state index is -1.70. The van der Waals surface area contributed by atoms with Crippen molar-refractivity contribution in [2.45, 2.75) is 179 Å². The molecule has 5 unspecified atom stereocenters. The summed E-state index contributed by atoms with van der Waals surface area (Å²) in [7, 11) is 0. The lowest BCUT2D eigenvalue weighted by Crippen LogP contribution is -2.62. The Morgan fingerprint density at radius 1 is 0.646 bits per heavy atom. The smallest absolute Gasteiger partial charge is 0.407 e. The largest absolute Gasteiger partial charge is 0.444 e. The van der Waals surface area contributed by atoms with E-state index in [1.807, 2.05) is 42.5 Å². The van der Waals surface area contributed by atoms with Gasteiger partial charge < -0.3 is 33.7 Å². The topological polar surface area (TPSA) is 84.5 Å². The zero-order chi connectivity index (χ0) is 49.4. The summed E-state index contributed by atoms with van der Waals surface area (Å²) in [4.78, 5) is 13.5. The fourth-order valence-electron chi connectivity index (χ4n) is 7.72. The standard InChI is InChI=1S/C56H76FNO7/c1-5-6-7-8-9-10-11-12-13-14-15-28-37-48(57)49(58-55(59)65-56(2,3)4)38-50-52(61-40-45-31-22-17-23-32-45)54(63-42-47-35-26-19-27-36-47)53(62-41-46-33-24-18-25-34-46)51(64-50)43-60-39-44-29-20-16-21-30-44/h16-37,48-54H,5-15,38-43H2,1-4H3,(H,58,59)/t48-,49+,50?,51-,52+,53+,54-/m1/s1/i39D,40D,41D,42D/t39?,40?,41?,42?,48-,49+,50?,51-,52+,53+,54-. The van der Waals surface area contributed by atoms with Gasteiger partial charge in [-0.1, -0.05) is 198 Å². The minimum absolute atomic E-state index is 0.196. The van der Waals surface area contributed by atoms with Gasteiger partial charge in [-0.05, 0) is 62.3 Å². The normalized spacial score (nSPS) is 22.6. The summed E-state index contributed by atoms with van der Waals surface area (Å²) >= 11 is 0. The molecule has 0 bridgehead atoms. The number of alkyl carbamates (subject to hydrolysis) is 1. The van der Waals surface area contributed by atoms with E-state index in [1.54, 1.807) is 106 Å². The molecule has 1 saturated heterocycles. The predicted molar refractivity (Wildman–Crippen MR) is 258 cm³/mol. The van der Waals surface area contributed by atoms with Crippen LogP contribution in [0.4, 0.5) is 9.18 Å². The highest BCUT2D eigenvalue weighted by Crippen LogP contribution is 2.34. The highest BCUT2D eigenvalue weighted by Gasteiger charge is 2.49. The Kier molecular flexibility index (Phi) is 20.6. The molecule has 11 atom stereocenters. The number of carbonyl (C=O) groups excluding carboxylic acids is 1. The summed E-state index contributed by atoms with van der Waals surface area (Å²) in [5.41, 5.74) is 1.31. The lowest BCUT2D eigenvalue weighted by molar-refractivity contribution is -0.274. The van der Waals surface area contributed by atoms with E-state index in [9.17, 15) is 8.91 Å². The first kappa shape index (κ1) is 45.8. The van der Waals surface area contributed by atoms with Crippen LogP contribution in [0.25, 0.3) is 0 Å². The van der Waals surface area contributed by atoms with Crippen molar-refractivity contribution < 1.29 is 43.1 Å². The third-order valence-corrected chi connectivity index (χ3v) is 11.1. The van der Waals surface area contributed by atoms with Gasteiger partial charge in [0.25, 0.3) is 0 Å². The van der Waals surface area contributed by atoms with Crippen molar-refractivity contribution in [1.82, 2.24) is 5.32 Å². The van der Waals surface area contributed by atoms with E-state index in [2.05, 4.69) is 12.2 Å². The number of carbonyl (C=O) groups is 1. The number of amides is 1. The summed E-state index contributed by atoms with van der Waals surface area (Å²) in [5.74, 6) is 0. The van der Waals surface area contributed by atoms with Gasteiger partial charge in [-0.15, -0.1) is 0 Å². The number of alkyl halides is 1. The second-order valence-electron chi connectivity index (χ2n) is 17.8. The first-order valence-corrected chi connectivity index (χ1v) is 23.8. The van der Waals surface area contributed by atoms with Gasteiger partial charge in [0.05, 0.1) is 50.6 Å². The summed E-state index contributed by atoms with van der Waals surface area (Å²) in [6.07, 6.45) is 7.28. The van der Waals surface area contributed by atoms with Crippen molar-refractivity contribution in [2.24, 2.45) is 0 Å². The number of nitrogens with one attached hydrogen (secondary N) is 1. The van der Waals surface area contributed by atoms with E-state index in [0.29, 0.717) is 28.7 Å². The molecular weight excluding hydrogens is 818 g/mol. The van der Waals surface area contributed by atoms with Crippen LogP contribution in [0.3, 0.4) is 0 Å². The summed E-state index contributed by atoms with van der Waals surface area (Å²) < 4.78 is 92.5. The minimum Gasteiger partial charge on any atom is -0.444 e. The Labute approximate surface area is 395 Å². The van der Waals surface area contributed by atoms with E-state index in [-0.39, 0.29) is 13.0 Å². The number of rotatable bonds is 29. The van der Waals surface area contributed by atoms with Crippen molar-refractivity contribution in [3.8, 4) is 0 Å².